The lowest BCUT2D eigenvalue weighted by atomic mass is 10.1. The van der Waals surface area contributed by atoms with Crippen molar-refractivity contribution in [1.29, 1.82) is 0 Å². The molecule has 5 nitrogen and oxygen atoms in total. The van der Waals surface area contributed by atoms with E-state index in [1.165, 1.54) is 0 Å². The first-order chi connectivity index (χ1) is 9.75. The highest BCUT2D eigenvalue weighted by Crippen LogP contribution is 2.24. The number of carbonyl (C=O) groups is 1. The fourth-order valence-corrected chi connectivity index (χ4v) is 2.28. The number of furan rings is 1. The summed E-state index contributed by atoms with van der Waals surface area (Å²) < 4.78 is 5.21. The normalized spacial score (nSPS) is 12.6. The summed E-state index contributed by atoms with van der Waals surface area (Å²) >= 11 is 0. The van der Waals surface area contributed by atoms with Crippen molar-refractivity contribution >= 4 is 16.9 Å². The molecule has 2 heterocycles. The number of carboxylic acid groups (broad SMARTS) is 1. The maximum Gasteiger partial charge on any atom is 0.325 e. The van der Waals surface area contributed by atoms with E-state index in [9.17, 15) is 9.90 Å². The molecule has 0 aliphatic carbocycles. The number of aromatic nitrogens is 1. The molecule has 0 fully saturated rings. The highest BCUT2D eigenvalue weighted by Gasteiger charge is 2.22. The first-order valence-corrected chi connectivity index (χ1v) is 6.30. The molecule has 0 bridgehead atoms. The van der Waals surface area contributed by atoms with Crippen molar-refractivity contribution in [3.63, 3.8) is 0 Å². The van der Waals surface area contributed by atoms with Gasteiger partial charge in [0.25, 0.3) is 0 Å². The van der Waals surface area contributed by atoms with Gasteiger partial charge in [0.15, 0.2) is 0 Å². The van der Waals surface area contributed by atoms with Crippen LogP contribution in [0, 0.1) is 0 Å². The van der Waals surface area contributed by atoms with Crippen LogP contribution in [0.2, 0.25) is 0 Å². The minimum absolute atomic E-state index is 0.365. The van der Waals surface area contributed by atoms with Crippen LogP contribution in [0.25, 0.3) is 10.9 Å². The summed E-state index contributed by atoms with van der Waals surface area (Å²) in [5, 5.41) is 13.3. The highest BCUT2D eigenvalue weighted by atomic mass is 16.4. The van der Waals surface area contributed by atoms with Gasteiger partial charge in [-0.05, 0) is 18.2 Å². The monoisotopic (exact) mass is 270 g/mol. The second-order valence-corrected chi connectivity index (χ2v) is 4.52. The van der Waals surface area contributed by atoms with Crippen molar-refractivity contribution in [3.05, 3.63) is 60.2 Å². The number of benzene rings is 1. The van der Waals surface area contributed by atoms with Crippen molar-refractivity contribution < 1.29 is 14.3 Å². The number of hydrogen-bond donors (Lipinski definition) is 3. The van der Waals surface area contributed by atoms with Gasteiger partial charge in [0.2, 0.25) is 0 Å². The predicted octanol–water partition coefficient (Wildman–Crippen LogP) is 2.68. The lowest BCUT2D eigenvalue weighted by Crippen LogP contribution is -2.27. The van der Waals surface area contributed by atoms with E-state index in [2.05, 4.69) is 10.3 Å². The molecule has 102 valence electrons. The van der Waals surface area contributed by atoms with Gasteiger partial charge in [-0.25, -0.2) is 0 Å². The second-order valence-electron chi connectivity index (χ2n) is 4.52. The number of carboxylic acids is 1. The van der Waals surface area contributed by atoms with Gasteiger partial charge in [0, 0.05) is 22.7 Å². The molecule has 0 saturated heterocycles. The summed E-state index contributed by atoms with van der Waals surface area (Å²) in [6.45, 7) is 0.365. The maximum atomic E-state index is 11.5. The molecule has 3 N–H and O–H groups in total. The van der Waals surface area contributed by atoms with Crippen LogP contribution < -0.4 is 5.32 Å². The fraction of sp³-hybridized carbons (Fsp3) is 0.133. The van der Waals surface area contributed by atoms with Crippen LogP contribution in [-0.4, -0.2) is 16.1 Å². The third-order valence-corrected chi connectivity index (χ3v) is 3.24. The van der Waals surface area contributed by atoms with E-state index < -0.39 is 12.0 Å². The quantitative estimate of drug-likeness (QED) is 0.666. The Balaban J connectivity index is 1.88. The minimum Gasteiger partial charge on any atom is -0.480 e. The molecule has 3 rings (SSSR count). The molecule has 2 aromatic heterocycles. The first kappa shape index (κ1) is 12.5. The van der Waals surface area contributed by atoms with Gasteiger partial charge in [-0.1, -0.05) is 18.2 Å². The number of hydrogen-bond acceptors (Lipinski definition) is 3. The third-order valence-electron chi connectivity index (χ3n) is 3.24. The molecule has 1 aromatic carbocycles. The van der Waals surface area contributed by atoms with E-state index in [4.69, 9.17) is 4.42 Å². The van der Waals surface area contributed by atoms with Crippen molar-refractivity contribution in [2.24, 2.45) is 0 Å². The molecule has 0 spiro atoms. The van der Waals surface area contributed by atoms with Crippen LogP contribution in [0.1, 0.15) is 17.4 Å². The van der Waals surface area contributed by atoms with E-state index in [0.717, 1.165) is 16.5 Å². The molecule has 0 unspecified atom stereocenters. The molecular weight excluding hydrogens is 256 g/mol. The minimum atomic E-state index is -0.915. The average Bonchev–Trinajstić information content (AvgIpc) is 3.08. The molecule has 0 saturated carbocycles. The molecule has 1 atom stereocenters. The van der Waals surface area contributed by atoms with Crippen LogP contribution in [0.5, 0.6) is 0 Å². The van der Waals surface area contributed by atoms with Gasteiger partial charge in [0.05, 0.1) is 12.8 Å². The summed E-state index contributed by atoms with van der Waals surface area (Å²) in [7, 11) is 0. The largest absolute Gasteiger partial charge is 0.480 e. The summed E-state index contributed by atoms with van der Waals surface area (Å²) in [6, 6.07) is 10.4. The van der Waals surface area contributed by atoms with Gasteiger partial charge in [-0.2, -0.15) is 0 Å². The second kappa shape index (κ2) is 5.22. The number of para-hydroxylation sites is 1. The molecule has 0 radical (unpaired) electrons. The van der Waals surface area contributed by atoms with E-state index >= 15 is 0 Å². The Morgan fingerprint density at radius 3 is 2.90 bits per heavy atom. The molecule has 5 heteroatoms. The zero-order valence-electron chi connectivity index (χ0n) is 10.7. The number of fused-ring (bicyclic) bond motifs is 1. The zero-order valence-corrected chi connectivity index (χ0v) is 10.7. The fourth-order valence-electron chi connectivity index (χ4n) is 2.28. The van der Waals surface area contributed by atoms with Gasteiger partial charge in [-0.3, -0.25) is 10.1 Å². The van der Waals surface area contributed by atoms with Crippen LogP contribution in [0.3, 0.4) is 0 Å². The Kier molecular flexibility index (Phi) is 3.26. The van der Waals surface area contributed by atoms with Gasteiger partial charge in [-0.15, -0.1) is 0 Å². The van der Waals surface area contributed by atoms with Crippen LogP contribution in [-0.2, 0) is 11.3 Å². The summed E-state index contributed by atoms with van der Waals surface area (Å²) in [5.41, 5.74) is 1.65. The summed E-state index contributed by atoms with van der Waals surface area (Å²) in [4.78, 5) is 14.6. The Morgan fingerprint density at radius 1 is 1.30 bits per heavy atom. The maximum absolute atomic E-state index is 11.5. The Bertz CT molecular complexity index is 716. The van der Waals surface area contributed by atoms with Gasteiger partial charge >= 0.3 is 5.97 Å². The lowest BCUT2D eigenvalue weighted by Gasteiger charge is -2.13. The molecule has 0 aliphatic rings. The first-order valence-electron chi connectivity index (χ1n) is 6.30. The predicted molar refractivity (Wildman–Crippen MR) is 74.2 cm³/mol. The molecule has 20 heavy (non-hydrogen) atoms. The zero-order chi connectivity index (χ0) is 13.9. The SMILES string of the molecule is O=C(O)[C@@H](NCc1ccco1)c1c[nH]c2ccccc12. The third kappa shape index (κ3) is 2.31. The van der Waals surface area contributed by atoms with E-state index in [0.29, 0.717) is 12.3 Å². The van der Waals surface area contributed by atoms with E-state index in [1.54, 1.807) is 24.6 Å². The standard InChI is InChI=1S/C15H14N2O3/c18-15(19)14(17-8-10-4-3-7-20-10)12-9-16-13-6-2-1-5-11(12)13/h1-7,9,14,16-17H,8H2,(H,18,19)/t14-/m0/s1. The lowest BCUT2D eigenvalue weighted by molar-refractivity contribution is -0.139. The van der Waals surface area contributed by atoms with Gasteiger partial charge in [0.1, 0.15) is 11.8 Å². The number of aliphatic carboxylic acids is 1. The summed E-state index contributed by atoms with van der Waals surface area (Å²) in [5.74, 6) is -0.211. The molecular formula is C15H14N2O3. The van der Waals surface area contributed by atoms with E-state index in [1.807, 2.05) is 24.3 Å². The van der Waals surface area contributed by atoms with Crippen LogP contribution in [0.4, 0.5) is 0 Å². The Hall–Kier alpha value is -2.53. The smallest absolute Gasteiger partial charge is 0.325 e. The topological polar surface area (TPSA) is 78.3 Å². The Morgan fingerprint density at radius 2 is 2.15 bits per heavy atom. The van der Waals surface area contributed by atoms with Crippen molar-refractivity contribution in [3.8, 4) is 0 Å². The van der Waals surface area contributed by atoms with Crippen LogP contribution >= 0.6 is 0 Å². The van der Waals surface area contributed by atoms with Gasteiger partial charge < -0.3 is 14.5 Å². The molecule has 0 amide bonds. The van der Waals surface area contributed by atoms with E-state index in [-0.39, 0.29) is 0 Å². The average molecular weight is 270 g/mol. The molecule has 3 aromatic rings. The van der Waals surface area contributed by atoms with Crippen molar-refractivity contribution in [1.82, 2.24) is 10.3 Å². The Labute approximate surface area is 115 Å². The highest BCUT2D eigenvalue weighted by molar-refractivity contribution is 5.89. The van der Waals surface area contributed by atoms with Crippen molar-refractivity contribution in [2.75, 3.05) is 0 Å². The number of H-pyrrole nitrogens is 1. The van der Waals surface area contributed by atoms with Crippen LogP contribution in [0.15, 0.2) is 53.3 Å². The summed E-state index contributed by atoms with van der Waals surface area (Å²) in [6.07, 6.45) is 3.30. The molecule has 0 aliphatic heterocycles. The number of rotatable bonds is 5. The number of aromatic amines is 1. The van der Waals surface area contributed by atoms with Crippen molar-refractivity contribution in [2.45, 2.75) is 12.6 Å². The number of nitrogens with one attached hydrogen (secondary N) is 2.